The predicted octanol–water partition coefficient (Wildman–Crippen LogP) is 5.37. The third-order valence-corrected chi connectivity index (χ3v) is 6.59. The van der Waals surface area contributed by atoms with Crippen LogP contribution in [0.3, 0.4) is 0 Å². The van der Waals surface area contributed by atoms with Crippen LogP contribution in [0.1, 0.15) is 74.0 Å². The van der Waals surface area contributed by atoms with E-state index < -0.39 is 23.7 Å². The molecule has 1 aliphatic heterocycles. The summed E-state index contributed by atoms with van der Waals surface area (Å²) < 4.78 is 46.4. The molecule has 38 heavy (non-hydrogen) atoms. The van der Waals surface area contributed by atoms with Crippen molar-refractivity contribution in [2.45, 2.75) is 65.2 Å². The lowest BCUT2D eigenvalue weighted by Gasteiger charge is -2.25. The Morgan fingerprint density at radius 1 is 1.11 bits per heavy atom. The van der Waals surface area contributed by atoms with Crippen LogP contribution < -0.4 is 21.7 Å². The average molecular weight is 531 g/mol. The van der Waals surface area contributed by atoms with E-state index in [4.69, 9.17) is 10.5 Å². The van der Waals surface area contributed by atoms with Crippen molar-refractivity contribution in [2.24, 2.45) is 15.7 Å². The molecule has 4 rings (SSSR count). The number of carbonyl (C=O) groups is 1. The number of fused-ring (bicyclic) bond motifs is 1. The van der Waals surface area contributed by atoms with Crippen LogP contribution in [0.25, 0.3) is 0 Å². The van der Waals surface area contributed by atoms with Gasteiger partial charge in [-0.1, -0.05) is 0 Å². The van der Waals surface area contributed by atoms with E-state index in [2.05, 4.69) is 25.9 Å². The number of carbonyl (C=O) groups excluding carboxylic acids is 1. The molecule has 1 aliphatic carbocycles. The zero-order valence-corrected chi connectivity index (χ0v) is 21.9. The predicted molar refractivity (Wildman–Crippen MR) is 143 cm³/mol. The summed E-state index contributed by atoms with van der Waals surface area (Å²) in [5, 5.41) is 9.19. The molecular formula is C27H33F3N6O2. The highest BCUT2D eigenvalue weighted by Crippen LogP contribution is 2.42. The Bertz CT molecular complexity index is 1280. The van der Waals surface area contributed by atoms with Crippen molar-refractivity contribution >= 4 is 34.8 Å². The molecule has 0 aromatic heterocycles. The van der Waals surface area contributed by atoms with Gasteiger partial charge in [-0.15, -0.1) is 0 Å². The second-order valence-corrected chi connectivity index (χ2v) is 9.72. The van der Waals surface area contributed by atoms with Crippen LogP contribution in [-0.4, -0.2) is 30.9 Å². The van der Waals surface area contributed by atoms with Gasteiger partial charge in [0.1, 0.15) is 6.61 Å². The van der Waals surface area contributed by atoms with Crippen LogP contribution in [0.2, 0.25) is 0 Å². The molecule has 0 saturated heterocycles. The molecule has 0 bridgehead atoms. The molecule has 204 valence electrons. The van der Waals surface area contributed by atoms with Crippen molar-refractivity contribution in [3.63, 3.8) is 0 Å². The topological polar surface area (TPSA) is 113 Å². The Morgan fingerprint density at radius 2 is 1.84 bits per heavy atom. The van der Waals surface area contributed by atoms with Crippen molar-refractivity contribution in [1.82, 2.24) is 5.32 Å². The second-order valence-electron chi connectivity index (χ2n) is 9.72. The zero-order chi connectivity index (χ0) is 27.6. The van der Waals surface area contributed by atoms with Gasteiger partial charge in [0, 0.05) is 30.4 Å². The Hall–Kier alpha value is -3.60. The number of nitrogens with zero attached hydrogens (tertiary/aromatic N) is 2. The number of amides is 1. The van der Waals surface area contributed by atoms with Crippen molar-refractivity contribution in [3.8, 4) is 0 Å². The van der Waals surface area contributed by atoms with Crippen LogP contribution in [-0.2, 0) is 28.5 Å². The van der Waals surface area contributed by atoms with Crippen LogP contribution >= 0.6 is 0 Å². The molecule has 1 unspecified atom stereocenters. The van der Waals surface area contributed by atoms with Crippen LogP contribution in [0, 0.1) is 0 Å². The lowest BCUT2D eigenvalue weighted by Crippen LogP contribution is -2.24. The van der Waals surface area contributed by atoms with Gasteiger partial charge >= 0.3 is 6.18 Å². The zero-order valence-electron chi connectivity index (χ0n) is 21.9. The van der Waals surface area contributed by atoms with Gasteiger partial charge in [-0.2, -0.15) is 13.2 Å². The molecule has 2 aromatic rings. The van der Waals surface area contributed by atoms with Crippen molar-refractivity contribution in [3.05, 3.63) is 52.1 Å². The number of ether oxygens (including phenoxy) is 1. The molecule has 0 fully saturated rings. The largest absolute Gasteiger partial charge is 0.463 e. The van der Waals surface area contributed by atoms with E-state index >= 15 is 0 Å². The standard InChI is InChI=1S/C27H33F3N6O2/c1-14(18-10-19(27(28,29)30)12-20(11-18)35-17(4)37)33-15(2)23-13-24(36-26-32-8-9-38-26)21-6-5-7-22(21)25(23)34-16(3)31/h10-15,33H,5-9H2,1-4H3,(H2,31,34)(H,32,36)(H,35,37)/t14-,15?/m1/s1. The molecule has 1 heterocycles. The van der Waals surface area contributed by atoms with Crippen molar-refractivity contribution in [2.75, 3.05) is 23.8 Å². The highest BCUT2D eigenvalue weighted by molar-refractivity contribution is 5.92. The van der Waals surface area contributed by atoms with Gasteiger partial charge in [-0.25, -0.2) is 9.98 Å². The quantitative estimate of drug-likeness (QED) is 0.284. The van der Waals surface area contributed by atoms with E-state index in [-0.39, 0.29) is 11.7 Å². The SMILES string of the molecule is CC(=O)Nc1cc([C@@H](C)NC(C)c2cc(NC3=NCCO3)c3c(c2N=C(C)N)CCC3)cc(C(F)(F)F)c1. The number of anilines is 2. The van der Waals surface area contributed by atoms with E-state index in [9.17, 15) is 18.0 Å². The molecular weight excluding hydrogens is 497 g/mol. The van der Waals surface area contributed by atoms with Gasteiger partial charge in [0.15, 0.2) is 0 Å². The first-order valence-electron chi connectivity index (χ1n) is 12.6. The third-order valence-electron chi connectivity index (χ3n) is 6.59. The minimum atomic E-state index is -4.55. The fourth-order valence-electron chi connectivity index (χ4n) is 4.97. The summed E-state index contributed by atoms with van der Waals surface area (Å²) in [5.41, 5.74) is 10.4. The molecule has 0 radical (unpaired) electrons. The molecule has 0 saturated carbocycles. The summed E-state index contributed by atoms with van der Waals surface area (Å²) in [6.07, 6.45) is -1.86. The smallest absolute Gasteiger partial charge is 0.416 e. The summed E-state index contributed by atoms with van der Waals surface area (Å²) in [4.78, 5) is 20.6. The van der Waals surface area contributed by atoms with E-state index in [1.54, 1.807) is 19.9 Å². The second kappa shape index (κ2) is 11.0. The number of alkyl halides is 3. The summed E-state index contributed by atoms with van der Waals surface area (Å²) in [5.74, 6) is -0.0273. The number of nitrogens with one attached hydrogen (secondary N) is 3. The third kappa shape index (κ3) is 6.27. The Balaban J connectivity index is 1.71. The van der Waals surface area contributed by atoms with Gasteiger partial charge in [-0.05, 0) is 86.6 Å². The van der Waals surface area contributed by atoms with Crippen LogP contribution in [0.4, 0.5) is 30.2 Å². The summed E-state index contributed by atoms with van der Waals surface area (Å²) in [6.45, 7) is 7.83. The highest BCUT2D eigenvalue weighted by atomic mass is 19.4. The van der Waals surface area contributed by atoms with Crippen molar-refractivity contribution in [1.29, 1.82) is 0 Å². The normalized spacial score (nSPS) is 16.9. The Morgan fingerprint density at radius 3 is 2.47 bits per heavy atom. The number of hydrogen-bond acceptors (Lipinski definition) is 6. The van der Waals surface area contributed by atoms with Crippen molar-refractivity contribution < 1.29 is 22.7 Å². The minimum Gasteiger partial charge on any atom is -0.463 e. The van der Waals surface area contributed by atoms with Gasteiger partial charge in [0.2, 0.25) is 5.91 Å². The van der Waals surface area contributed by atoms with E-state index in [1.807, 2.05) is 13.0 Å². The molecule has 1 amide bonds. The first kappa shape index (κ1) is 27.4. The molecule has 2 atom stereocenters. The summed E-state index contributed by atoms with van der Waals surface area (Å²) in [7, 11) is 0. The van der Waals surface area contributed by atoms with Crippen LogP contribution in [0.5, 0.6) is 0 Å². The van der Waals surface area contributed by atoms with Gasteiger partial charge in [0.05, 0.1) is 23.6 Å². The maximum absolute atomic E-state index is 13.6. The van der Waals surface area contributed by atoms with Gasteiger partial charge in [0.25, 0.3) is 6.02 Å². The number of aliphatic imine (C=N–C) groups is 2. The van der Waals surface area contributed by atoms with E-state index in [1.165, 1.54) is 6.92 Å². The molecule has 8 nitrogen and oxygen atoms in total. The van der Waals surface area contributed by atoms with Crippen LogP contribution in [0.15, 0.2) is 34.3 Å². The lowest BCUT2D eigenvalue weighted by molar-refractivity contribution is -0.137. The average Bonchev–Trinajstić information content (AvgIpc) is 3.51. The number of benzene rings is 2. The first-order valence-corrected chi connectivity index (χ1v) is 12.6. The number of nitrogens with two attached hydrogens (primary N) is 1. The molecule has 5 N–H and O–H groups in total. The molecule has 11 heteroatoms. The van der Waals surface area contributed by atoms with E-state index in [0.29, 0.717) is 30.6 Å². The summed E-state index contributed by atoms with van der Waals surface area (Å²) >= 11 is 0. The fourth-order valence-corrected chi connectivity index (χ4v) is 4.97. The molecule has 2 aromatic carbocycles. The van der Waals surface area contributed by atoms with Gasteiger partial charge in [-0.3, -0.25) is 4.79 Å². The lowest BCUT2D eigenvalue weighted by atomic mass is 9.95. The monoisotopic (exact) mass is 530 g/mol. The summed E-state index contributed by atoms with van der Waals surface area (Å²) in [6, 6.07) is 5.27. The number of hydrogen-bond donors (Lipinski definition) is 4. The highest BCUT2D eigenvalue weighted by Gasteiger charge is 2.32. The molecule has 2 aliphatic rings. The first-order chi connectivity index (χ1) is 17.9. The van der Waals surface area contributed by atoms with E-state index in [0.717, 1.165) is 59.5 Å². The number of amidine groups is 2. The maximum atomic E-state index is 13.6. The molecule has 0 spiro atoms. The Labute approximate surface area is 220 Å². The van der Waals surface area contributed by atoms with Gasteiger partial charge < -0.3 is 26.4 Å². The Kier molecular flexibility index (Phi) is 7.96. The fraction of sp³-hybridized carbons (Fsp3) is 0.444. The minimum absolute atomic E-state index is 0.0917. The number of rotatable bonds is 7. The maximum Gasteiger partial charge on any atom is 0.416 e. The number of halogens is 3.